The van der Waals surface area contributed by atoms with E-state index < -0.39 is 0 Å². The molecule has 0 bridgehead atoms. The summed E-state index contributed by atoms with van der Waals surface area (Å²) in [5.41, 5.74) is 3.54. The van der Waals surface area contributed by atoms with E-state index in [1.54, 1.807) is 0 Å². The molecule has 1 aromatic carbocycles. The van der Waals surface area contributed by atoms with Crippen molar-refractivity contribution in [3.05, 3.63) is 40.7 Å². The summed E-state index contributed by atoms with van der Waals surface area (Å²) >= 11 is 7.86. The third-order valence-corrected chi connectivity index (χ3v) is 5.45. The Bertz CT molecular complexity index is 902. The minimum atomic E-state index is 0.0856. The molecule has 0 aliphatic heterocycles. The molecule has 5 nitrogen and oxygen atoms in total. The normalized spacial score (nSPS) is 13.9. The Balaban J connectivity index is 1.63. The van der Waals surface area contributed by atoms with E-state index in [0.29, 0.717) is 10.8 Å². The average Bonchev–Trinajstić information content (AvgIpc) is 3.22. The van der Waals surface area contributed by atoms with E-state index in [1.807, 2.05) is 42.9 Å². The number of fused-ring (bicyclic) bond motifs is 1. The minimum Gasteiger partial charge on any atom is -0.489 e. The molecule has 4 rings (SSSR count). The summed E-state index contributed by atoms with van der Waals surface area (Å²) in [7, 11) is 0. The van der Waals surface area contributed by atoms with E-state index in [2.05, 4.69) is 15.3 Å². The summed E-state index contributed by atoms with van der Waals surface area (Å²) < 4.78 is 7.62. The van der Waals surface area contributed by atoms with Crippen LogP contribution in [0.4, 0.5) is 0 Å². The largest absolute Gasteiger partial charge is 0.489 e. The van der Waals surface area contributed by atoms with Crippen LogP contribution >= 0.6 is 22.9 Å². The first-order valence-electron chi connectivity index (χ1n) is 8.48. The smallest absolute Gasteiger partial charge is 0.233 e. The molecular weight excluding hydrogens is 356 g/mol. The molecule has 0 unspecified atom stereocenters. The Kier molecular flexibility index (Phi) is 4.48. The molecule has 7 heteroatoms. The van der Waals surface area contributed by atoms with Gasteiger partial charge in [0.15, 0.2) is 0 Å². The molecule has 0 atom stereocenters. The highest BCUT2D eigenvalue weighted by Gasteiger charge is 2.19. The summed E-state index contributed by atoms with van der Waals surface area (Å²) in [5, 5.41) is 15.4. The zero-order valence-electron chi connectivity index (χ0n) is 14.2. The number of hydrogen-bond acceptors (Lipinski definition) is 5. The Morgan fingerprint density at radius 2 is 2.04 bits per heavy atom. The molecule has 2 aromatic heterocycles. The predicted octanol–water partition coefficient (Wildman–Crippen LogP) is 4.71. The van der Waals surface area contributed by atoms with Crippen LogP contribution in [-0.4, -0.2) is 26.1 Å². The number of nitrogens with zero attached hydrogens (tertiary/aromatic N) is 4. The van der Waals surface area contributed by atoms with Crippen molar-refractivity contribution in [2.45, 2.75) is 45.6 Å². The van der Waals surface area contributed by atoms with Gasteiger partial charge >= 0.3 is 0 Å². The van der Waals surface area contributed by atoms with Crippen molar-refractivity contribution in [2.75, 3.05) is 0 Å². The van der Waals surface area contributed by atoms with Crippen LogP contribution in [0.2, 0.25) is 5.02 Å². The van der Waals surface area contributed by atoms with Crippen molar-refractivity contribution in [1.82, 2.24) is 20.0 Å². The number of aryl methyl sites for hydroxylation is 1. The Labute approximate surface area is 155 Å². The summed E-state index contributed by atoms with van der Waals surface area (Å²) in [6, 6.07) is 5.73. The van der Waals surface area contributed by atoms with E-state index in [9.17, 15) is 0 Å². The zero-order valence-corrected chi connectivity index (χ0v) is 15.8. The van der Waals surface area contributed by atoms with Crippen molar-refractivity contribution in [1.29, 1.82) is 0 Å². The fourth-order valence-electron chi connectivity index (χ4n) is 3.06. The van der Waals surface area contributed by atoms with Gasteiger partial charge in [0.2, 0.25) is 5.13 Å². The number of benzene rings is 1. The first kappa shape index (κ1) is 16.5. The zero-order chi connectivity index (χ0) is 17.4. The first-order chi connectivity index (χ1) is 12.1. The second kappa shape index (κ2) is 6.77. The molecular formula is C18H19ClN4OS. The molecule has 1 aliphatic rings. The number of aromatic nitrogens is 4. The van der Waals surface area contributed by atoms with Crippen LogP contribution < -0.4 is 4.74 Å². The molecule has 0 N–H and O–H groups in total. The predicted molar refractivity (Wildman–Crippen MR) is 99.9 cm³/mol. The summed E-state index contributed by atoms with van der Waals surface area (Å²) in [6.07, 6.45) is 6.65. The highest BCUT2D eigenvalue weighted by atomic mass is 35.5. The van der Waals surface area contributed by atoms with Gasteiger partial charge in [-0.2, -0.15) is 5.10 Å². The maximum Gasteiger partial charge on any atom is 0.233 e. The maximum atomic E-state index is 6.34. The van der Waals surface area contributed by atoms with Crippen LogP contribution in [0.1, 0.15) is 37.9 Å². The Hall–Kier alpha value is -1.92. The molecule has 1 aliphatic carbocycles. The lowest BCUT2D eigenvalue weighted by atomic mass is 9.98. The van der Waals surface area contributed by atoms with Gasteiger partial charge in [-0.05, 0) is 63.3 Å². The minimum absolute atomic E-state index is 0.0856. The summed E-state index contributed by atoms with van der Waals surface area (Å²) in [4.78, 5) is 0. The van der Waals surface area contributed by atoms with Crippen molar-refractivity contribution in [2.24, 2.45) is 0 Å². The van der Waals surface area contributed by atoms with Gasteiger partial charge in [0.05, 0.1) is 23.0 Å². The van der Waals surface area contributed by atoms with Crippen LogP contribution in [0.15, 0.2) is 24.4 Å². The second-order valence-corrected chi connectivity index (χ2v) is 7.80. The summed E-state index contributed by atoms with van der Waals surface area (Å²) in [5.74, 6) is 0.686. The highest BCUT2D eigenvalue weighted by molar-refractivity contribution is 7.17. The van der Waals surface area contributed by atoms with Crippen molar-refractivity contribution in [3.8, 4) is 21.5 Å². The molecule has 0 fully saturated rings. The van der Waals surface area contributed by atoms with Crippen LogP contribution in [0.3, 0.4) is 0 Å². The lowest BCUT2D eigenvalue weighted by molar-refractivity contribution is 0.242. The van der Waals surface area contributed by atoms with Gasteiger partial charge in [-0.1, -0.05) is 22.9 Å². The van der Waals surface area contributed by atoms with Crippen LogP contribution in [0.5, 0.6) is 5.75 Å². The molecule has 3 aromatic rings. The Morgan fingerprint density at radius 3 is 2.84 bits per heavy atom. The molecule has 0 saturated carbocycles. The second-order valence-electron chi connectivity index (χ2n) is 6.44. The topological polar surface area (TPSA) is 52.8 Å². The fourth-order valence-corrected chi connectivity index (χ4v) is 4.11. The lowest BCUT2D eigenvalue weighted by Crippen LogP contribution is -2.07. The third kappa shape index (κ3) is 3.28. The molecule has 0 spiro atoms. The average molecular weight is 375 g/mol. The van der Waals surface area contributed by atoms with Gasteiger partial charge in [-0.3, -0.25) is 0 Å². The maximum absolute atomic E-state index is 6.34. The van der Waals surface area contributed by atoms with E-state index in [0.717, 1.165) is 28.5 Å². The monoisotopic (exact) mass is 374 g/mol. The van der Waals surface area contributed by atoms with Gasteiger partial charge in [0, 0.05) is 5.56 Å². The quantitative estimate of drug-likeness (QED) is 0.663. The highest BCUT2D eigenvalue weighted by Crippen LogP contribution is 2.33. The van der Waals surface area contributed by atoms with Crippen molar-refractivity contribution in [3.63, 3.8) is 0 Å². The standard InChI is InChI=1S/C18H19ClN4OS/c1-11(2)24-16-8-7-12(9-14(16)19)17-21-22-18(25-17)23-15-6-4-3-5-13(15)10-20-23/h7-11H,3-6H2,1-2H3. The molecule has 2 heterocycles. The third-order valence-electron chi connectivity index (χ3n) is 4.20. The van der Waals surface area contributed by atoms with E-state index in [-0.39, 0.29) is 6.10 Å². The summed E-state index contributed by atoms with van der Waals surface area (Å²) in [6.45, 7) is 3.96. The first-order valence-corrected chi connectivity index (χ1v) is 9.67. The van der Waals surface area contributed by atoms with Gasteiger partial charge in [-0.25, -0.2) is 4.68 Å². The van der Waals surface area contributed by atoms with Crippen LogP contribution in [0, 0.1) is 0 Å². The molecule has 0 radical (unpaired) electrons. The van der Waals surface area contributed by atoms with Gasteiger partial charge in [0.25, 0.3) is 0 Å². The van der Waals surface area contributed by atoms with Crippen molar-refractivity contribution >= 4 is 22.9 Å². The molecule has 0 amide bonds. The van der Waals surface area contributed by atoms with E-state index >= 15 is 0 Å². The van der Waals surface area contributed by atoms with E-state index in [1.165, 1.54) is 35.4 Å². The number of hydrogen-bond donors (Lipinski definition) is 0. The van der Waals surface area contributed by atoms with Gasteiger partial charge < -0.3 is 4.74 Å². The SMILES string of the molecule is CC(C)Oc1ccc(-c2nnc(-n3ncc4c3CCCC4)s2)cc1Cl. The van der Waals surface area contributed by atoms with E-state index in [4.69, 9.17) is 16.3 Å². The molecule has 25 heavy (non-hydrogen) atoms. The fraction of sp³-hybridized carbons (Fsp3) is 0.389. The van der Waals surface area contributed by atoms with Crippen molar-refractivity contribution < 1.29 is 4.74 Å². The molecule has 130 valence electrons. The van der Waals surface area contributed by atoms with Crippen LogP contribution in [-0.2, 0) is 12.8 Å². The lowest BCUT2D eigenvalue weighted by Gasteiger charge is -2.12. The van der Waals surface area contributed by atoms with Crippen LogP contribution in [0.25, 0.3) is 15.7 Å². The molecule has 0 saturated heterocycles. The Morgan fingerprint density at radius 1 is 1.20 bits per heavy atom. The van der Waals surface area contributed by atoms with Gasteiger partial charge in [0.1, 0.15) is 10.8 Å². The number of halogens is 1. The number of ether oxygens (including phenoxy) is 1. The van der Waals surface area contributed by atoms with Gasteiger partial charge in [-0.15, -0.1) is 10.2 Å². The number of rotatable bonds is 4.